The molecule has 11 heteroatoms. The number of carbonyl (C=O) groups is 4. The van der Waals surface area contributed by atoms with E-state index in [2.05, 4.69) is 62.2 Å². The molecule has 11 nitrogen and oxygen atoms in total. The summed E-state index contributed by atoms with van der Waals surface area (Å²) in [5.41, 5.74) is 2.36. The summed E-state index contributed by atoms with van der Waals surface area (Å²) in [4.78, 5) is 53.3. The van der Waals surface area contributed by atoms with Crippen molar-refractivity contribution in [2.24, 2.45) is 11.8 Å². The molecule has 3 rings (SSSR count). The minimum absolute atomic E-state index is 0.0133. The molecule has 3 saturated heterocycles. The van der Waals surface area contributed by atoms with Crippen LogP contribution >= 0.6 is 0 Å². The molecule has 4 amide bonds. The summed E-state index contributed by atoms with van der Waals surface area (Å²) in [6.07, 6.45) is 9.59. The van der Waals surface area contributed by atoms with E-state index >= 15 is 0 Å². The van der Waals surface area contributed by atoms with Crippen molar-refractivity contribution in [2.75, 3.05) is 74.0 Å². The van der Waals surface area contributed by atoms with E-state index in [1.54, 1.807) is 31.1 Å². The number of amides is 4. The fourth-order valence-electron chi connectivity index (χ4n) is 5.09. The molecule has 0 unspecified atom stereocenters. The van der Waals surface area contributed by atoms with Gasteiger partial charge in [0.05, 0.1) is 12.6 Å². The van der Waals surface area contributed by atoms with Gasteiger partial charge in [0.15, 0.2) is 0 Å². The van der Waals surface area contributed by atoms with Crippen LogP contribution in [0.4, 0.5) is 0 Å². The minimum atomic E-state index is -0.104. The van der Waals surface area contributed by atoms with Crippen LogP contribution < -0.4 is 10.7 Å². The molecule has 3 aliphatic heterocycles. The first kappa shape index (κ1) is 39.8. The molecule has 42 heavy (non-hydrogen) atoms. The minimum Gasteiger partial charge on any atom is -0.350 e. The second-order valence-electron chi connectivity index (χ2n) is 12.7. The lowest BCUT2D eigenvalue weighted by molar-refractivity contribution is -0.136. The van der Waals surface area contributed by atoms with E-state index < -0.39 is 0 Å². The van der Waals surface area contributed by atoms with Gasteiger partial charge in [-0.1, -0.05) is 41.0 Å². The molecule has 0 bridgehead atoms. The van der Waals surface area contributed by atoms with Gasteiger partial charge in [-0.15, -0.1) is 0 Å². The van der Waals surface area contributed by atoms with Gasteiger partial charge < -0.3 is 20.0 Å². The lowest BCUT2D eigenvalue weighted by atomic mass is 10.0. The molecule has 2 N–H and O–H groups in total. The Balaban J connectivity index is 0.000000798. The quantitative estimate of drug-likeness (QED) is 0.294. The second kappa shape index (κ2) is 23.2. The number of likely N-dealkylation sites (N-methyl/N-ethyl adjacent to an activating group) is 1. The average Bonchev–Trinajstić information content (AvgIpc) is 3.63. The van der Waals surface area contributed by atoms with Crippen LogP contribution in [0.2, 0.25) is 0 Å². The summed E-state index contributed by atoms with van der Waals surface area (Å²) in [5.74, 6) is 1.26. The summed E-state index contributed by atoms with van der Waals surface area (Å²) in [7, 11) is 7.47. The number of hydrazine groups is 1. The Hall–Kier alpha value is -2.24. The van der Waals surface area contributed by atoms with E-state index in [9.17, 15) is 19.2 Å². The number of rotatable bonds is 10. The van der Waals surface area contributed by atoms with Gasteiger partial charge in [0, 0.05) is 46.8 Å². The van der Waals surface area contributed by atoms with Gasteiger partial charge in [-0.3, -0.25) is 29.5 Å². The van der Waals surface area contributed by atoms with Gasteiger partial charge in [-0.2, -0.15) is 0 Å². The Kier molecular flexibility index (Phi) is 22.0. The standard InChI is InChI=1S/C18H32N4O3.C6H13N.C4H10.C3H8N2O/c1-14(2)16(20(3)17(24)11-19-13-23)12-22-10-6-7-15(22)18(25)21-8-4-5-9-21;1-7-5-3-2-4-6-7;1-4(2)3;1-5(2)4-3-6/h13-16H,4-12H2,1-3H3,(H,19,23);2-6H2,1H3;4H,1-3H3;3H,1-2H3,(H,4,6)/t15-,16+;;;/m0.../s1. The van der Waals surface area contributed by atoms with Crippen molar-refractivity contribution in [3.05, 3.63) is 0 Å². The third-order valence-electron chi connectivity index (χ3n) is 7.38. The maximum absolute atomic E-state index is 12.8. The Morgan fingerprint density at radius 2 is 1.38 bits per heavy atom. The Morgan fingerprint density at radius 1 is 0.833 bits per heavy atom. The van der Waals surface area contributed by atoms with Gasteiger partial charge in [-0.25, -0.2) is 5.01 Å². The van der Waals surface area contributed by atoms with Crippen LogP contribution in [0, 0.1) is 11.8 Å². The molecule has 0 radical (unpaired) electrons. The predicted octanol–water partition coefficient (Wildman–Crippen LogP) is 2.28. The molecule has 0 aliphatic carbocycles. The summed E-state index contributed by atoms with van der Waals surface area (Å²) < 4.78 is 0. The van der Waals surface area contributed by atoms with Crippen LogP contribution in [-0.2, 0) is 19.2 Å². The first-order valence-corrected chi connectivity index (χ1v) is 15.9. The van der Waals surface area contributed by atoms with E-state index in [0.717, 1.165) is 51.2 Å². The second-order valence-corrected chi connectivity index (χ2v) is 12.7. The van der Waals surface area contributed by atoms with Crippen LogP contribution in [0.1, 0.15) is 79.6 Å². The summed E-state index contributed by atoms with van der Waals surface area (Å²) in [6.45, 7) is 16.7. The van der Waals surface area contributed by atoms with E-state index in [-0.39, 0.29) is 36.4 Å². The fraction of sp³-hybridized carbons (Fsp3) is 0.871. The summed E-state index contributed by atoms with van der Waals surface area (Å²) in [6, 6.07) is -0.0242. The Bertz CT molecular complexity index is 736. The van der Waals surface area contributed by atoms with Crippen molar-refractivity contribution in [2.45, 2.75) is 91.6 Å². The highest BCUT2D eigenvalue weighted by atomic mass is 16.2. The highest BCUT2D eigenvalue weighted by Crippen LogP contribution is 2.24. The van der Waals surface area contributed by atoms with Gasteiger partial charge in [0.1, 0.15) is 0 Å². The number of hydrogen-bond donors (Lipinski definition) is 2. The number of nitrogens with zero attached hydrogens (tertiary/aromatic N) is 5. The first-order valence-electron chi connectivity index (χ1n) is 15.9. The molecule has 0 aromatic heterocycles. The molecule has 246 valence electrons. The van der Waals surface area contributed by atoms with Gasteiger partial charge >= 0.3 is 0 Å². The number of carbonyl (C=O) groups excluding carboxylic acids is 4. The van der Waals surface area contributed by atoms with Crippen molar-refractivity contribution in [3.8, 4) is 0 Å². The van der Waals surface area contributed by atoms with Crippen molar-refractivity contribution < 1.29 is 19.2 Å². The number of nitrogens with one attached hydrogen (secondary N) is 2. The number of hydrogen-bond acceptors (Lipinski definition) is 7. The molecular weight excluding hydrogens is 534 g/mol. The molecule has 3 fully saturated rings. The average molecular weight is 598 g/mol. The van der Waals surface area contributed by atoms with Gasteiger partial charge in [-0.05, 0) is 77.0 Å². The molecule has 2 atom stereocenters. The largest absolute Gasteiger partial charge is 0.350 e. The van der Waals surface area contributed by atoms with Crippen molar-refractivity contribution >= 4 is 24.6 Å². The van der Waals surface area contributed by atoms with Crippen LogP contribution in [0.25, 0.3) is 0 Å². The molecule has 3 aliphatic rings. The van der Waals surface area contributed by atoms with Crippen LogP contribution in [-0.4, -0.2) is 135 Å². The van der Waals surface area contributed by atoms with E-state index in [4.69, 9.17) is 0 Å². The monoisotopic (exact) mass is 597 g/mol. The summed E-state index contributed by atoms with van der Waals surface area (Å²) >= 11 is 0. The molecular formula is C31H63N7O4. The Labute approximate surface area is 256 Å². The number of likely N-dealkylation sites (tertiary alicyclic amines) is 3. The van der Waals surface area contributed by atoms with Crippen LogP contribution in [0.3, 0.4) is 0 Å². The predicted molar refractivity (Wildman–Crippen MR) is 171 cm³/mol. The smallest absolute Gasteiger partial charge is 0.241 e. The zero-order valence-corrected chi connectivity index (χ0v) is 28.2. The normalized spacial score (nSPS) is 19.5. The highest BCUT2D eigenvalue weighted by Gasteiger charge is 2.37. The zero-order valence-electron chi connectivity index (χ0n) is 28.2. The van der Waals surface area contributed by atoms with E-state index in [1.165, 1.54) is 32.4 Å². The van der Waals surface area contributed by atoms with Crippen molar-refractivity contribution in [3.63, 3.8) is 0 Å². The van der Waals surface area contributed by atoms with Crippen LogP contribution in [0.5, 0.6) is 0 Å². The maximum Gasteiger partial charge on any atom is 0.241 e. The molecule has 0 aromatic rings. The third-order valence-corrected chi connectivity index (χ3v) is 7.38. The SMILES string of the molecule is CC(C)C.CC(C)[C@@H](CN1CCC[C@H]1C(=O)N1CCCC1)N(C)C(=O)CNC=O.CN(C)NC=O.CN1CCCCC1. The van der Waals surface area contributed by atoms with E-state index in [0.29, 0.717) is 19.4 Å². The maximum atomic E-state index is 12.8. The topological polar surface area (TPSA) is 109 Å². The van der Waals surface area contributed by atoms with Crippen molar-refractivity contribution in [1.82, 2.24) is 35.4 Å². The lowest BCUT2D eigenvalue weighted by Gasteiger charge is -2.37. The molecule has 0 saturated carbocycles. The molecule has 0 spiro atoms. The number of piperidine rings is 1. The van der Waals surface area contributed by atoms with E-state index in [1.807, 2.05) is 4.90 Å². The van der Waals surface area contributed by atoms with Crippen LogP contribution in [0.15, 0.2) is 0 Å². The summed E-state index contributed by atoms with van der Waals surface area (Å²) in [5, 5.41) is 4.00. The molecule has 3 heterocycles. The first-order chi connectivity index (χ1) is 19.8. The lowest BCUT2D eigenvalue weighted by Crippen LogP contribution is -2.53. The fourth-order valence-corrected chi connectivity index (χ4v) is 5.09. The zero-order chi connectivity index (χ0) is 32.1. The van der Waals surface area contributed by atoms with Gasteiger partial charge in [0.2, 0.25) is 24.6 Å². The highest BCUT2D eigenvalue weighted by molar-refractivity contribution is 5.82. The Morgan fingerprint density at radius 3 is 1.79 bits per heavy atom. The molecule has 0 aromatic carbocycles. The third kappa shape index (κ3) is 17.7. The van der Waals surface area contributed by atoms with Crippen molar-refractivity contribution in [1.29, 1.82) is 0 Å². The van der Waals surface area contributed by atoms with Gasteiger partial charge in [0.25, 0.3) is 0 Å².